The number of hydrogen-bond donors (Lipinski definition) is 2. The van der Waals surface area contributed by atoms with Gasteiger partial charge in [-0.1, -0.05) is 36.4 Å². The van der Waals surface area contributed by atoms with E-state index in [0.717, 1.165) is 36.6 Å². The molecule has 0 spiro atoms. The number of piperazine rings is 1. The van der Waals surface area contributed by atoms with E-state index in [4.69, 9.17) is 10.5 Å². The molecule has 1 aliphatic heterocycles. The molecule has 1 heterocycles. The molecule has 1 amide bonds. The number of nitrogens with zero attached hydrogens (tertiary/aromatic N) is 2. The predicted octanol–water partition coefficient (Wildman–Crippen LogP) is 3.81. The van der Waals surface area contributed by atoms with Crippen LogP contribution in [0.4, 0.5) is 16.2 Å². The molecule has 1 fully saturated rings. The van der Waals surface area contributed by atoms with Crippen molar-refractivity contribution < 1.29 is 9.53 Å². The summed E-state index contributed by atoms with van der Waals surface area (Å²) in [6, 6.07) is 16.6. The van der Waals surface area contributed by atoms with E-state index in [0.29, 0.717) is 19.6 Å². The molecule has 0 saturated carbocycles. The summed E-state index contributed by atoms with van der Waals surface area (Å²) in [5.41, 5.74) is 10.2. The van der Waals surface area contributed by atoms with Crippen LogP contribution in [-0.4, -0.2) is 42.8 Å². The Kier molecular flexibility index (Phi) is 6.64. The maximum Gasteiger partial charge on any atom is 0.410 e. The second-order valence-electron chi connectivity index (χ2n) is 8.30. The van der Waals surface area contributed by atoms with Gasteiger partial charge in [-0.05, 0) is 38.5 Å². The van der Waals surface area contributed by atoms with Gasteiger partial charge < -0.3 is 25.6 Å². The van der Waals surface area contributed by atoms with Crippen molar-refractivity contribution in [2.45, 2.75) is 39.5 Å². The van der Waals surface area contributed by atoms with Crippen LogP contribution in [0.25, 0.3) is 0 Å². The Morgan fingerprint density at radius 1 is 1.03 bits per heavy atom. The number of carbonyl (C=O) groups excluding carboxylic acids is 1. The molecule has 0 unspecified atom stereocenters. The minimum atomic E-state index is -0.473. The summed E-state index contributed by atoms with van der Waals surface area (Å²) in [5, 5.41) is 3.52. The third-order valence-corrected chi connectivity index (χ3v) is 4.95. The summed E-state index contributed by atoms with van der Waals surface area (Å²) < 4.78 is 5.49. The fraction of sp³-hybridized carbons (Fsp3) is 0.435. The van der Waals surface area contributed by atoms with Gasteiger partial charge in [-0.3, -0.25) is 0 Å². The number of anilines is 2. The van der Waals surface area contributed by atoms with Crippen molar-refractivity contribution in [2.75, 3.05) is 36.4 Å². The lowest BCUT2D eigenvalue weighted by Crippen LogP contribution is -2.50. The molecule has 3 N–H and O–H groups in total. The number of ether oxygens (including phenoxy) is 1. The number of nitrogens with two attached hydrogens (primary N) is 1. The van der Waals surface area contributed by atoms with E-state index in [-0.39, 0.29) is 6.09 Å². The molecule has 0 bridgehead atoms. The molecule has 0 aliphatic carbocycles. The highest BCUT2D eigenvalue weighted by molar-refractivity contribution is 5.70. The van der Waals surface area contributed by atoms with E-state index in [1.54, 1.807) is 4.90 Å². The highest BCUT2D eigenvalue weighted by Crippen LogP contribution is 2.29. The summed E-state index contributed by atoms with van der Waals surface area (Å²) >= 11 is 0. The van der Waals surface area contributed by atoms with Crippen molar-refractivity contribution in [3.8, 4) is 0 Å². The highest BCUT2D eigenvalue weighted by atomic mass is 16.6. The van der Waals surface area contributed by atoms with Crippen LogP contribution in [0, 0.1) is 0 Å². The van der Waals surface area contributed by atoms with E-state index in [9.17, 15) is 4.79 Å². The maximum absolute atomic E-state index is 12.3. The number of nitrogens with one attached hydrogen (secondary N) is 1. The van der Waals surface area contributed by atoms with E-state index in [1.165, 1.54) is 5.56 Å². The first kappa shape index (κ1) is 21.0. The van der Waals surface area contributed by atoms with E-state index in [1.807, 2.05) is 39.0 Å². The summed E-state index contributed by atoms with van der Waals surface area (Å²) in [5.74, 6) is 0. The van der Waals surface area contributed by atoms with Gasteiger partial charge in [0.05, 0.1) is 0 Å². The first-order valence-electron chi connectivity index (χ1n) is 10.2. The lowest BCUT2D eigenvalue weighted by atomic mass is 10.1. The van der Waals surface area contributed by atoms with Crippen molar-refractivity contribution in [1.82, 2.24) is 4.90 Å². The van der Waals surface area contributed by atoms with Crippen LogP contribution < -0.4 is 16.0 Å². The van der Waals surface area contributed by atoms with Crippen molar-refractivity contribution >= 4 is 17.5 Å². The zero-order chi connectivity index (χ0) is 20.9. The molecule has 3 rings (SSSR count). The molecule has 0 radical (unpaired) electrons. The Morgan fingerprint density at radius 3 is 2.34 bits per heavy atom. The number of rotatable bonds is 5. The minimum Gasteiger partial charge on any atom is -0.444 e. The van der Waals surface area contributed by atoms with Gasteiger partial charge in [0.15, 0.2) is 0 Å². The van der Waals surface area contributed by atoms with Crippen LogP contribution in [0.15, 0.2) is 48.5 Å². The first-order valence-corrected chi connectivity index (χ1v) is 10.2. The maximum atomic E-state index is 12.3. The van der Waals surface area contributed by atoms with Gasteiger partial charge in [-0.15, -0.1) is 0 Å². The number of hydrogen-bond acceptors (Lipinski definition) is 5. The molecule has 1 saturated heterocycles. The average Bonchev–Trinajstić information content (AvgIpc) is 2.71. The van der Waals surface area contributed by atoms with Crippen LogP contribution in [0.3, 0.4) is 0 Å². The van der Waals surface area contributed by atoms with Crippen LogP contribution in [0.5, 0.6) is 0 Å². The van der Waals surface area contributed by atoms with Crippen LogP contribution >= 0.6 is 0 Å². The Bertz CT molecular complexity index is 809. The molecule has 0 aromatic heterocycles. The van der Waals surface area contributed by atoms with Crippen molar-refractivity contribution in [3.05, 3.63) is 59.7 Å². The molecule has 6 heteroatoms. The van der Waals surface area contributed by atoms with Gasteiger partial charge in [0.25, 0.3) is 0 Å². The lowest BCUT2D eigenvalue weighted by Gasteiger charge is -2.37. The third-order valence-electron chi connectivity index (χ3n) is 4.95. The lowest BCUT2D eigenvalue weighted by molar-refractivity contribution is 0.0240. The average molecular weight is 397 g/mol. The van der Waals surface area contributed by atoms with E-state index >= 15 is 0 Å². The third kappa shape index (κ3) is 5.64. The van der Waals surface area contributed by atoms with Gasteiger partial charge >= 0.3 is 6.09 Å². The molecule has 29 heavy (non-hydrogen) atoms. The van der Waals surface area contributed by atoms with Gasteiger partial charge in [-0.2, -0.15) is 0 Å². The second-order valence-corrected chi connectivity index (χ2v) is 8.30. The smallest absolute Gasteiger partial charge is 0.410 e. The SMILES string of the molecule is CC(C)(C)OC(=O)N1CCN(c2cccc(NCc3ccccc3)c2CN)CC1. The number of benzene rings is 2. The summed E-state index contributed by atoms with van der Waals surface area (Å²) in [6.07, 6.45) is -0.241. The topological polar surface area (TPSA) is 70.8 Å². The van der Waals surface area contributed by atoms with Crippen LogP contribution in [-0.2, 0) is 17.8 Å². The zero-order valence-corrected chi connectivity index (χ0v) is 17.6. The molecule has 1 aliphatic rings. The summed E-state index contributed by atoms with van der Waals surface area (Å²) in [7, 11) is 0. The monoisotopic (exact) mass is 396 g/mol. The molecule has 156 valence electrons. The number of amides is 1. The Hall–Kier alpha value is -2.73. The molecule has 0 atom stereocenters. The summed E-state index contributed by atoms with van der Waals surface area (Å²) in [6.45, 7) is 9.68. The summed E-state index contributed by atoms with van der Waals surface area (Å²) in [4.78, 5) is 16.4. The Morgan fingerprint density at radius 2 is 1.72 bits per heavy atom. The quantitative estimate of drug-likeness (QED) is 0.804. The van der Waals surface area contributed by atoms with Crippen LogP contribution in [0.1, 0.15) is 31.9 Å². The fourth-order valence-electron chi connectivity index (χ4n) is 3.50. The van der Waals surface area contributed by atoms with Gasteiger partial charge in [0, 0.05) is 56.2 Å². The normalized spacial score (nSPS) is 14.6. The van der Waals surface area contributed by atoms with E-state index in [2.05, 4.69) is 40.5 Å². The van der Waals surface area contributed by atoms with Crippen LogP contribution in [0.2, 0.25) is 0 Å². The van der Waals surface area contributed by atoms with E-state index < -0.39 is 5.60 Å². The molecule has 6 nitrogen and oxygen atoms in total. The Labute approximate surface area is 173 Å². The molecular weight excluding hydrogens is 364 g/mol. The van der Waals surface area contributed by atoms with Gasteiger partial charge in [0.1, 0.15) is 5.60 Å². The molecule has 2 aromatic rings. The standard InChI is InChI=1S/C23H32N4O2/c1-23(2,3)29-22(28)27-14-12-26(13-15-27)21-11-7-10-20(19(21)16-24)25-17-18-8-5-4-6-9-18/h4-11,25H,12-17,24H2,1-3H3. The second kappa shape index (κ2) is 9.18. The first-order chi connectivity index (χ1) is 13.9. The number of carbonyl (C=O) groups is 1. The Balaban J connectivity index is 1.66. The fourth-order valence-corrected chi connectivity index (χ4v) is 3.50. The van der Waals surface area contributed by atoms with Crippen molar-refractivity contribution in [3.63, 3.8) is 0 Å². The predicted molar refractivity (Wildman–Crippen MR) is 118 cm³/mol. The van der Waals surface area contributed by atoms with Crippen molar-refractivity contribution in [1.29, 1.82) is 0 Å². The minimum absolute atomic E-state index is 0.241. The van der Waals surface area contributed by atoms with Gasteiger partial charge in [-0.25, -0.2) is 4.79 Å². The van der Waals surface area contributed by atoms with Gasteiger partial charge in [0.2, 0.25) is 0 Å². The molecule has 2 aromatic carbocycles. The largest absolute Gasteiger partial charge is 0.444 e. The highest BCUT2D eigenvalue weighted by Gasteiger charge is 2.26. The zero-order valence-electron chi connectivity index (χ0n) is 17.6. The van der Waals surface area contributed by atoms with Crippen molar-refractivity contribution in [2.24, 2.45) is 5.73 Å². The molecular formula is C23H32N4O2.